The van der Waals surface area contributed by atoms with Crippen molar-refractivity contribution in [2.75, 3.05) is 6.26 Å². The van der Waals surface area contributed by atoms with Crippen LogP contribution in [0.2, 0.25) is 0 Å². The average Bonchev–Trinajstić information content (AvgIpc) is 2.33. The molecule has 0 saturated carbocycles. The molecule has 116 valence electrons. The number of hydrogen-bond donors (Lipinski definition) is 2. The second kappa shape index (κ2) is 6.26. The Balaban J connectivity index is 2.67. The Morgan fingerprint density at radius 1 is 1.10 bits per heavy atom. The lowest BCUT2D eigenvalue weighted by Gasteiger charge is -2.17. The molecular formula is C14H20N2O4S. The van der Waals surface area contributed by atoms with Crippen molar-refractivity contribution in [3.8, 4) is 0 Å². The zero-order chi connectivity index (χ0) is 16.3. The molecule has 2 N–H and O–H groups in total. The lowest BCUT2D eigenvalue weighted by molar-refractivity contribution is -0.128. The Hall–Kier alpha value is -1.89. The fraction of sp³-hybridized carbons (Fsp3) is 0.429. The van der Waals surface area contributed by atoms with Crippen molar-refractivity contribution < 1.29 is 18.0 Å². The summed E-state index contributed by atoms with van der Waals surface area (Å²) >= 11 is 0. The number of nitrogens with one attached hydrogen (secondary N) is 2. The summed E-state index contributed by atoms with van der Waals surface area (Å²) < 4.78 is 23.8. The first-order valence-electron chi connectivity index (χ1n) is 6.38. The van der Waals surface area contributed by atoms with E-state index >= 15 is 0 Å². The summed E-state index contributed by atoms with van der Waals surface area (Å²) in [5.74, 6) is -0.746. The van der Waals surface area contributed by atoms with E-state index in [1.54, 1.807) is 12.1 Å². The molecule has 21 heavy (non-hydrogen) atoms. The summed E-state index contributed by atoms with van der Waals surface area (Å²) in [7, 11) is -3.58. The molecule has 0 aliphatic rings. The van der Waals surface area contributed by atoms with E-state index in [-0.39, 0.29) is 11.5 Å². The molecule has 0 bridgehead atoms. The van der Waals surface area contributed by atoms with Gasteiger partial charge >= 0.3 is 0 Å². The molecule has 0 unspecified atom stereocenters. The third-order valence-corrected chi connectivity index (χ3v) is 3.18. The Bertz CT molecular complexity index is 628. The van der Waals surface area contributed by atoms with E-state index in [2.05, 4.69) is 5.32 Å². The Kier molecular flexibility index (Phi) is 5.11. The minimum absolute atomic E-state index is 0.0682. The lowest BCUT2D eigenvalue weighted by atomic mass is 9.95. The zero-order valence-corrected chi connectivity index (χ0v) is 13.4. The lowest BCUT2D eigenvalue weighted by Crippen LogP contribution is -2.34. The molecule has 0 aliphatic heterocycles. The van der Waals surface area contributed by atoms with Crippen LogP contribution in [-0.4, -0.2) is 26.5 Å². The van der Waals surface area contributed by atoms with Crippen molar-refractivity contribution in [2.24, 2.45) is 5.41 Å². The van der Waals surface area contributed by atoms with E-state index in [1.807, 2.05) is 25.5 Å². The van der Waals surface area contributed by atoms with Gasteiger partial charge in [-0.05, 0) is 17.7 Å². The molecule has 6 nitrogen and oxygen atoms in total. The maximum absolute atomic E-state index is 11.7. The quantitative estimate of drug-likeness (QED) is 0.869. The van der Waals surface area contributed by atoms with Crippen LogP contribution in [0.4, 0.5) is 0 Å². The van der Waals surface area contributed by atoms with Crippen LogP contribution >= 0.6 is 0 Å². The van der Waals surface area contributed by atoms with Gasteiger partial charge in [0, 0.05) is 17.5 Å². The third kappa shape index (κ3) is 5.95. The van der Waals surface area contributed by atoms with Crippen molar-refractivity contribution in [3.63, 3.8) is 0 Å². The number of benzene rings is 1. The molecule has 0 aliphatic carbocycles. The maximum Gasteiger partial charge on any atom is 0.264 e. The van der Waals surface area contributed by atoms with Crippen LogP contribution in [0, 0.1) is 5.41 Å². The summed E-state index contributed by atoms with van der Waals surface area (Å²) in [6.45, 7) is 5.81. The topological polar surface area (TPSA) is 92.3 Å². The van der Waals surface area contributed by atoms with Gasteiger partial charge in [0.15, 0.2) is 0 Å². The van der Waals surface area contributed by atoms with E-state index in [9.17, 15) is 18.0 Å². The molecule has 0 heterocycles. The monoisotopic (exact) mass is 312 g/mol. The van der Waals surface area contributed by atoms with Gasteiger partial charge in [0.2, 0.25) is 15.9 Å². The van der Waals surface area contributed by atoms with E-state index < -0.39 is 21.3 Å². The number of amides is 2. The second-order valence-corrected chi connectivity index (χ2v) is 7.58. The first-order chi connectivity index (χ1) is 9.49. The number of sulfonamides is 1. The standard InChI is InChI=1S/C14H20N2O4S/c1-14(2,3)13(18)15-9-10-5-7-11(8-6-10)12(17)16-21(4,19)20/h5-8H,9H2,1-4H3,(H,15,18)(H,16,17). The number of carbonyl (C=O) groups excluding carboxylic acids is 2. The van der Waals surface area contributed by atoms with Crippen LogP contribution in [0.3, 0.4) is 0 Å². The molecule has 2 amide bonds. The Morgan fingerprint density at radius 3 is 2.05 bits per heavy atom. The predicted octanol–water partition coefficient (Wildman–Crippen LogP) is 1.04. The average molecular weight is 312 g/mol. The summed E-state index contributed by atoms with van der Waals surface area (Å²) in [4.78, 5) is 23.3. The molecule has 0 spiro atoms. The van der Waals surface area contributed by atoms with Crippen LogP contribution in [0.5, 0.6) is 0 Å². The van der Waals surface area contributed by atoms with Crippen LogP contribution < -0.4 is 10.0 Å². The first-order valence-corrected chi connectivity index (χ1v) is 8.27. The summed E-state index contributed by atoms with van der Waals surface area (Å²) in [5, 5.41) is 2.79. The molecular weight excluding hydrogens is 292 g/mol. The van der Waals surface area contributed by atoms with Crippen LogP contribution in [-0.2, 0) is 21.4 Å². The fourth-order valence-electron chi connectivity index (χ4n) is 1.45. The molecule has 1 aromatic rings. The van der Waals surface area contributed by atoms with Crippen molar-refractivity contribution in [2.45, 2.75) is 27.3 Å². The van der Waals surface area contributed by atoms with E-state index in [0.717, 1.165) is 11.8 Å². The highest BCUT2D eigenvalue weighted by Gasteiger charge is 2.20. The number of rotatable bonds is 4. The van der Waals surface area contributed by atoms with Gasteiger partial charge in [-0.15, -0.1) is 0 Å². The minimum atomic E-state index is -3.58. The smallest absolute Gasteiger partial charge is 0.264 e. The highest BCUT2D eigenvalue weighted by Crippen LogP contribution is 2.13. The maximum atomic E-state index is 11.7. The van der Waals surface area contributed by atoms with E-state index in [4.69, 9.17) is 0 Å². The molecule has 0 fully saturated rings. The van der Waals surface area contributed by atoms with Gasteiger partial charge in [-0.25, -0.2) is 13.1 Å². The summed E-state index contributed by atoms with van der Waals surface area (Å²) in [5.41, 5.74) is 0.602. The van der Waals surface area contributed by atoms with Crippen molar-refractivity contribution in [1.29, 1.82) is 0 Å². The molecule has 7 heteroatoms. The molecule has 0 aromatic heterocycles. The van der Waals surface area contributed by atoms with Gasteiger partial charge in [0.25, 0.3) is 5.91 Å². The van der Waals surface area contributed by atoms with Gasteiger partial charge in [-0.2, -0.15) is 0 Å². The minimum Gasteiger partial charge on any atom is -0.352 e. The fourth-order valence-corrected chi connectivity index (χ4v) is 1.90. The molecule has 1 aromatic carbocycles. The predicted molar refractivity (Wildman–Crippen MR) is 80.1 cm³/mol. The second-order valence-electron chi connectivity index (χ2n) is 5.83. The van der Waals surface area contributed by atoms with Crippen molar-refractivity contribution in [1.82, 2.24) is 10.0 Å². The Labute approximate surface area is 125 Å². The Morgan fingerprint density at radius 2 is 1.62 bits per heavy atom. The summed E-state index contributed by atoms with van der Waals surface area (Å²) in [6.07, 6.45) is 0.918. The summed E-state index contributed by atoms with van der Waals surface area (Å²) in [6, 6.07) is 6.36. The largest absolute Gasteiger partial charge is 0.352 e. The van der Waals surface area contributed by atoms with Gasteiger partial charge in [0.05, 0.1) is 6.26 Å². The highest BCUT2D eigenvalue weighted by molar-refractivity contribution is 7.89. The normalized spacial score (nSPS) is 11.8. The zero-order valence-electron chi connectivity index (χ0n) is 12.6. The molecule has 0 atom stereocenters. The van der Waals surface area contributed by atoms with E-state index in [0.29, 0.717) is 6.54 Å². The first kappa shape index (κ1) is 17.2. The van der Waals surface area contributed by atoms with Gasteiger partial charge in [-0.3, -0.25) is 9.59 Å². The highest BCUT2D eigenvalue weighted by atomic mass is 32.2. The number of hydrogen-bond acceptors (Lipinski definition) is 4. The third-order valence-electron chi connectivity index (χ3n) is 2.63. The van der Waals surface area contributed by atoms with Crippen LogP contribution in [0.25, 0.3) is 0 Å². The van der Waals surface area contributed by atoms with Crippen molar-refractivity contribution in [3.05, 3.63) is 35.4 Å². The van der Waals surface area contributed by atoms with Gasteiger partial charge in [0.1, 0.15) is 0 Å². The van der Waals surface area contributed by atoms with Crippen LogP contribution in [0.15, 0.2) is 24.3 Å². The number of carbonyl (C=O) groups is 2. The molecule has 0 radical (unpaired) electrons. The van der Waals surface area contributed by atoms with Crippen molar-refractivity contribution >= 4 is 21.8 Å². The van der Waals surface area contributed by atoms with Crippen LogP contribution in [0.1, 0.15) is 36.7 Å². The van der Waals surface area contributed by atoms with E-state index in [1.165, 1.54) is 12.1 Å². The van der Waals surface area contributed by atoms with Gasteiger partial charge < -0.3 is 5.32 Å². The molecule has 0 saturated heterocycles. The van der Waals surface area contributed by atoms with Gasteiger partial charge in [-0.1, -0.05) is 32.9 Å². The molecule has 1 rings (SSSR count). The SMILES string of the molecule is CC(C)(C)C(=O)NCc1ccc(C(=O)NS(C)(=O)=O)cc1.